The largest absolute Gasteiger partial charge is 0.298 e. The van der Waals surface area contributed by atoms with Crippen LogP contribution in [0.2, 0.25) is 0 Å². The van der Waals surface area contributed by atoms with E-state index in [9.17, 15) is 4.79 Å². The zero-order chi connectivity index (χ0) is 9.26. The number of carbonyl (C=O) groups excluding carboxylic acids is 1. The third-order valence-electron chi connectivity index (χ3n) is 1.96. The summed E-state index contributed by atoms with van der Waals surface area (Å²) in [5.74, 6) is 0. The lowest BCUT2D eigenvalue weighted by Gasteiger charge is -1.98. The molecule has 0 radical (unpaired) electrons. The summed E-state index contributed by atoms with van der Waals surface area (Å²) in [7, 11) is 0. The van der Waals surface area contributed by atoms with Gasteiger partial charge in [-0.1, -0.05) is 18.2 Å². The molecule has 0 saturated heterocycles. The highest BCUT2D eigenvalue weighted by atomic mass is 127. The number of halogens is 1. The van der Waals surface area contributed by atoms with Crippen LogP contribution in [-0.4, -0.2) is 6.29 Å². The molecule has 0 saturated carbocycles. The fraction of sp³-hybridized carbons (Fsp3) is 0. The fourth-order valence-corrected chi connectivity index (χ4v) is 1.82. The van der Waals surface area contributed by atoms with Gasteiger partial charge < -0.3 is 0 Å². The number of benzene rings is 2. The Labute approximate surface area is 89.9 Å². The van der Waals surface area contributed by atoms with Crippen molar-refractivity contribution in [3.05, 3.63) is 45.5 Å². The molecule has 0 heterocycles. The van der Waals surface area contributed by atoms with E-state index >= 15 is 0 Å². The van der Waals surface area contributed by atoms with Crippen molar-refractivity contribution in [1.82, 2.24) is 0 Å². The molecule has 0 aromatic heterocycles. The van der Waals surface area contributed by atoms with Crippen molar-refractivity contribution < 1.29 is 4.79 Å². The van der Waals surface area contributed by atoms with Gasteiger partial charge in [0.2, 0.25) is 0 Å². The number of fused-ring (bicyclic) bond motifs is 1. The molecule has 0 N–H and O–H groups in total. The van der Waals surface area contributed by atoms with Crippen LogP contribution in [0.5, 0.6) is 0 Å². The first kappa shape index (κ1) is 8.69. The molecule has 13 heavy (non-hydrogen) atoms. The third kappa shape index (κ3) is 1.72. The zero-order valence-electron chi connectivity index (χ0n) is 6.83. The first-order valence-corrected chi connectivity index (χ1v) is 5.02. The van der Waals surface area contributed by atoms with Crippen LogP contribution in [0.3, 0.4) is 0 Å². The molecule has 0 bridgehead atoms. The summed E-state index contributed by atoms with van der Waals surface area (Å²) in [4.78, 5) is 10.5. The van der Waals surface area contributed by atoms with E-state index in [1.165, 1.54) is 8.96 Å². The van der Waals surface area contributed by atoms with Crippen molar-refractivity contribution in [3.8, 4) is 0 Å². The Hall–Kier alpha value is -0.900. The number of aldehydes is 1. The normalized spacial score (nSPS) is 10.2. The Balaban J connectivity index is 2.73. The van der Waals surface area contributed by atoms with Crippen LogP contribution < -0.4 is 0 Å². The summed E-state index contributed by atoms with van der Waals surface area (Å²) in [6.07, 6.45) is 0.872. The van der Waals surface area contributed by atoms with E-state index in [-0.39, 0.29) is 0 Å². The second-order valence-corrected chi connectivity index (χ2v) is 4.11. The van der Waals surface area contributed by atoms with Gasteiger partial charge in [-0.2, -0.15) is 0 Å². The minimum absolute atomic E-state index is 0.730. The molecule has 0 amide bonds. The molecular formula is C11H7IO. The molecule has 2 heteroatoms. The molecule has 2 aromatic carbocycles. The molecule has 2 aromatic rings. The predicted octanol–water partition coefficient (Wildman–Crippen LogP) is 3.26. The average molecular weight is 282 g/mol. The molecular weight excluding hydrogens is 275 g/mol. The van der Waals surface area contributed by atoms with Gasteiger partial charge in [0.1, 0.15) is 6.29 Å². The minimum atomic E-state index is 0.730. The van der Waals surface area contributed by atoms with E-state index in [0.29, 0.717) is 0 Å². The van der Waals surface area contributed by atoms with Crippen LogP contribution >= 0.6 is 22.6 Å². The maximum atomic E-state index is 10.5. The van der Waals surface area contributed by atoms with Crippen molar-refractivity contribution in [2.45, 2.75) is 0 Å². The Kier molecular flexibility index (Phi) is 2.31. The first-order chi connectivity index (χ1) is 6.29. The highest BCUT2D eigenvalue weighted by Crippen LogP contribution is 2.18. The second kappa shape index (κ2) is 3.46. The summed E-state index contributed by atoms with van der Waals surface area (Å²) in [6, 6.07) is 11.9. The van der Waals surface area contributed by atoms with Gasteiger partial charge in [-0.3, -0.25) is 4.79 Å². The fourth-order valence-electron chi connectivity index (χ4n) is 1.31. The van der Waals surface area contributed by atoms with Crippen molar-refractivity contribution >= 4 is 39.6 Å². The van der Waals surface area contributed by atoms with Gasteiger partial charge in [-0.25, -0.2) is 0 Å². The first-order valence-electron chi connectivity index (χ1n) is 3.94. The summed E-state index contributed by atoms with van der Waals surface area (Å²) in [6.45, 7) is 0. The SMILES string of the molecule is O=Cc1ccc2cc(I)ccc2c1. The maximum Gasteiger partial charge on any atom is 0.150 e. The van der Waals surface area contributed by atoms with Crippen LogP contribution in [0, 0.1) is 3.57 Å². The monoisotopic (exact) mass is 282 g/mol. The number of carbonyl (C=O) groups is 1. The van der Waals surface area contributed by atoms with Crippen molar-refractivity contribution in [1.29, 1.82) is 0 Å². The van der Waals surface area contributed by atoms with E-state index in [2.05, 4.69) is 28.7 Å². The Morgan fingerprint density at radius 2 is 1.69 bits per heavy atom. The van der Waals surface area contributed by atoms with Crippen molar-refractivity contribution in [2.24, 2.45) is 0 Å². The lowest BCUT2D eigenvalue weighted by atomic mass is 10.1. The Morgan fingerprint density at radius 1 is 1.00 bits per heavy atom. The Bertz CT molecular complexity index is 463. The van der Waals surface area contributed by atoms with E-state index in [1.807, 2.05) is 30.3 Å². The van der Waals surface area contributed by atoms with Gasteiger partial charge in [0.15, 0.2) is 0 Å². The highest BCUT2D eigenvalue weighted by Gasteiger charge is 1.95. The van der Waals surface area contributed by atoms with Crippen LogP contribution in [0.1, 0.15) is 10.4 Å². The molecule has 0 unspecified atom stereocenters. The van der Waals surface area contributed by atoms with Crippen LogP contribution in [0.25, 0.3) is 10.8 Å². The average Bonchev–Trinajstić information content (AvgIpc) is 2.17. The summed E-state index contributed by atoms with van der Waals surface area (Å²) in [5, 5.41) is 2.29. The van der Waals surface area contributed by atoms with Gasteiger partial charge in [0, 0.05) is 9.13 Å². The lowest BCUT2D eigenvalue weighted by molar-refractivity contribution is 0.112. The van der Waals surface area contributed by atoms with Crippen molar-refractivity contribution in [3.63, 3.8) is 0 Å². The maximum absolute atomic E-state index is 10.5. The quantitative estimate of drug-likeness (QED) is 0.579. The van der Waals surface area contributed by atoms with E-state index in [1.54, 1.807) is 0 Å². The van der Waals surface area contributed by atoms with Gasteiger partial charge in [0.05, 0.1) is 0 Å². The molecule has 0 spiro atoms. The highest BCUT2D eigenvalue weighted by molar-refractivity contribution is 14.1. The van der Waals surface area contributed by atoms with Gasteiger partial charge in [0.25, 0.3) is 0 Å². The molecule has 1 nitrogen and oxygen atoms in total. The zero-order valence-corrected chi connectivity index (χ0v) is 8.99. The van der Waals surface area contributed by atoms with E-state index in [4.69, 9.17) is 0 Å². The molecule has 0 aliphatic carbocycles. The van der Waals surface area contributed by atoms with Gasteiger partial charge >= 0.3 is 0 Å². The predicted molar refractivity (Wildman–Crippen MR) is 62.1 cm³/mol. The van der Waals surface area contributed by atoms with E-state index in [0.717, 1.165) is 17.2 Å². The topological polar surface area (TPSA) is 17.1 Å². The molecule has 64 valence electrons. The smallest absolute Gasteiger partial charge is 0.150 e. The molecule has 0 aliphatic heterocycles. The molecule has 2 rings (SSSR count). The lowest BCUT2D eigenvalue weighted by Crippen LogP contribution is -1.80. The Morgan fingerprint density at radius 3 is 2.46 bits per heavy atom. The number of hydrogen-bond donors (Lipinski definition) is 0. The van der Waals surface area contributed by atoms with Crippen molar-refractivity contribution in [2.75, 3.05) is 0 Å². The minimum Gasteiger partial charge on any atom is -0.298 e. The van der Waals surface area contributed by atoms with Crippen LogP contribution in [-0.2, 0) is 0 Å². The summed E-state index contributed by atoms with van der Waals surface area (Å²) < 4.78 is 1.21. The van der Waals surface area contributed by atoms with Crippen LogP contribution in [0.4, 0.5) is 0 Å². The van der Waals surface area contributed by atoms with Gasteiger partial charge in [-0.15, -0.1) is 0 Å². The summed E-state index contributed by atoms with van der Waals surface area (Å²) >= 11 is 2.28. The van der Waals surface area contributed by atoms with E-state index < -0.39 is 0 Å². The van der Waals surface area contributed by atoms with Crippen LogP contribution in [0.15, 0.2) is 36.4 Å². The second-order valence-electron chi connectivity index (χ2n) is 2.87. The number of hydrogen-bond acceptors (Lipinski definition) is 1. The molecule has 0 fully saturated rings. The van der Waals surface area contributed by atoms with Gasteiger partial charge in [-0.05, 0) is 51.6 Å². The number of rotatable bonds is 1. The third-order valence-corrected chi connectivity index (χ3v) is 2.63. The molecule has 0 aliphatic rings. The standard InChI is InChI=1S/C11H7IO/c12-11-4-3-9-5-8(7-13)1-2-10(9)6-11/h1-7H. The molecule has 0 atom stereocenters. The summed E-state index contributed by atoms with van der Waals surface area (Å²) in [5.41, 5.74) is 0.730.